The number of benzene rings is 2. The third-order valence-corrected chi connectivity index (χ3v) is 8.07. The highest BCUT2D eigenvalue weighted by molar-refractivity contribution is 7.94. The van der Waals surface area contributed by atoms with Crippen LogP contribution in [0.3, 0.4) is 0 Å². The number of furan rings is 1. The summed E-state index contributed by atoms with van der Waals surface area (Å²) >= 11 is 1.21. The first-order valence-corrected chi connectivity index (χ1v) is 11.4. The Morgan fingerprint density at radius 2 is 1.93 bits per heavy atom. The number of aryl methyl sites for hydroxylation is 1. The van der Waals surface area contributed by atoms with Gasteiger partial charge >= 0.3 is 0 Å². The minimum absolute atomic E-state index is 0.314. The predicted molar refractivity (Wildman–Crippen MR) is 110 cm³/mol. The second-order valence-corrected chi connectivity index (χ2v) is 10.1. The number of rotatable bonds is 3. The van der Waals surface area contributed by atoms with Crippen LogP contribution in [0.25, 0.3) is 21.7 Å². The van der Waals surface area contributed by atoms with Gasteiger partial charge in [-0.15, -0.1) is 11.3 Å². The van der Waals surface area contributed by atoms with Crippen molar-refractivity contribution < 1.29 is 12.8 Å². The first kappa shape index (κ1) is 16.8. The summed E-state index contributed by atoms with van der Waals surface area (Å²) in [5.41, 5.74) is 2.70. The van der Waals surface area contributed by atoms with Crippen LogP contribution >= 0.6 is 11.3 Å². The van der Waals surface area contributed by atoms with Crippen molar-refractivity contribution in [1.82, 2.24) is 0 Å². The maximum atomic E-state index is 12.8. The van der Waals surface area contributed by atoms with Crippen LogP contribution in [0, 0.1) is 5.92 Å². The zero-order valence-corrected chi connectivity index (χ0v) is 16.5. The summed E-state index contributed by atoms with van der Waals surface area (Å²) in [5.74, 6) is 1.66. The highest BCUT2D eigenvalue weighted by Gasteiger charge is 2.25. The van der Waals surface area contributed by atoms with Crippen LogP contribution in [0.1, 0.15) is 24.7 Å². The lowest BCUT2D eigenvalue weighted by molar-refractivity contribution is 0.439. The van der Waals surface area contributed by atoms with E-state index in [1.54, 1.807) is 17.5 Å². The van der Waals surface area contributed by atoms with Crippen molar-refractivity contribution in [1.29, 1.82) is 0 Å². The average molecular weight is 398 g/mol. The summed E-state index contributed by atoms with van der Waals surface area (Å²) in [4.78, 5) is 0. The number of nitrogens with one attached hydrogen (secondary N) is 1. The van der Waals surface area contributed by atoms with E-state index in [2.05, 4.69) is 11.6 Å². The van der Waals surface area contributed by atoms with E-state index in [4.69, 9.17) is 4.42 Å². The number of anilines is 1. The first-order chi connectivity index (χ1) is 13.0. The molecule has 0 spiro atoms. The zero-order chi connectivity index (χ0) is 18.6. The summed E-state index contributed by atoms with van der Waals surface area (Å²) in [5, 5.41) is 4.59. The SMILES string of the molecule is C[C@@H]1CCc2oc3c(cc(NS(=O)(=O)c4cccs4)c4ccccc43)c2C1. The quantitative estimate of drug-likeness (QED) is 0.491. The third kappa shape index (κ3) is 2.75. The van der Waals surface area contributed by atoms with Gasteiger partial charge in [-0.25, -0.2) is 8.42 Å². The molecule has 6 heteroatoms. The minimum Gasteiger partial charge on any atom is -0.460 e. The normalized spacial score (nSPS) is 17.3. The minimum atomic E-state index is -3.61. The predicted octanol–water partition coefficient (Wildman–Crippen LogP) is 5.57. The Morgan fingerprint density at radius 1 is 1.11 bits per heavy atom. The summed E-state index contributed by atoms with van der Waals surface area (Å²) in [6.07, 6.45) is 3.04. The molecule has 0 saturated heterocycles. The Bertz CT molecular complexity index is 1250. The number of hydrogen-bond donors (Lipinski definition) is 1. The summed E-state index contributed by atoms with van der Waals surface area (Å²) in [7, 11) is -3.61. The molecule has 1 aliphatic rings. The molecule has 4 nitrogen and oxygen atoms in total. The van der Waals surface area contributed by atoms with E-state index in [0.717, 1.165) is 46.8 Å². The van der Waals surface area contributed by atoms with Gasteiger partial charge in [0.05, 0.1) is 5.69 Å². The van der Waals surface area contributed by atoms with Gasteiger partial charge in [0.15, 0.2) is 0 Å². The molecule has 1 atom stereocenters. The standard InChI is InChI=1S/C21H19NO3S2/c1-13-8-9-19-16(11-13)17-12-18(22-27(23,24)20-7-4-10-26-20)14-5-2-3-6-15(14)21(17)25-19/h2-7,10,12-13,22H,8-9,11H2,1H3/t13-/m1/s1. The van der Waals surface area contributed by atoms with Crippen LogP contribution in [0.15, 0.2) is 56.5 Å². The van der Waals surface area contributed by atoms with Crippen LogP contribution in [0.4, 0.5) is 5.69 Å². The van der Waals surface area contributed by atoms with Crippen molar-refractivity contribution in [2.45, 2.75) is 30.4 Å². The summed E-state index contributed by atoms with van der Waals surface area (Å²) < 4.78 is 34.9. The average Bonchev–Trinajstić information content (AvgIpc) is 3.30. The monoisotopic (exact) mass is 397 g/mol. The van der Waals surface area contributed by atoms with Gasteiger partial charge in [0.25, 0.3) is 10.0 Å². The fraction of sp³-hybridized carbons (Fsp3) is 0.238. The van der Waals surface area contributed by atoms with E-state index in [9.17, 15) is 8.42 Å². The largest absolute Gasteiger partial charge is 0.460 e. The summed E-state index contributed by atoms with van der Waals surface area (Å²) in [6.45, 7) is 2.25. The molecule has 2 aromatic heterocycles. The number of hydrogen-bond acceptors (Lipinski definition) is 4. The molecule has 0 amide bonds. The molecular weight excluding hydrogens is 378 g/mol. The molecule has 2 heterocycles. The lowest BCUT2D eigenvalue weighted by atomic mass is 9.87. The molecule has 1 aliphatic carbocycles. The molecule has 0 saturated carbocycles. The van der Waals surface area contributed by atoms with Crippen molar-refractivity contribution in [3.63, 3.8) is 0 Å². The van der Waals surface area contributed by atoms with Crippen LogP contribution in [0.5, 0.6) is 0 Å². The Labute approximate surface area is 161 Å². The lowest BCUT2D eigenvalue weighted by Crippen LogP contribution is -2.12. The zero-order valence-electron chi connectivity index (χ0n) is 14.9. The Balaban J connectivity index is 1.75. The fourth-order valence-corrected chi connectivity index (χ4v) is 6.03. The second kappa shape index (κ2) is 6.11. The fourth-order valence-electron chi connectivity index (χ4n) is 3.97. The van der Waals surface area contributed by atoms with Crippen LogP contribution in [0.2, 0.25) is 0 Å². The maximum absolute atomic E-state index is 12.8. The van der Waals surface area contributed by atoms with Crippen molar-refractivity contribution >= 4 is 48.8 Å². The molecule has 138 valence electrons. The molecule has 0 fully saturated rings. The van der Waals surface area contributed by atoms with Crippen molar-refractivity contribution in [3.05, 3.63) is 59.2 Å². The molecule has 5 rings (SSSR count). The van der Waals surface area contributed by atoms with E-state index in [0.29, 0.717) is 15.8 Å². The Hall–Kier alpha value is -2.31. The number of thiophene rings is 1. The number of sulfonamides is 1. The van der Waals surface area contributed by atoms with E-state index in [-0.39, 0.29) is 0 Å². The lowest BCUT2D eigenvalue weighted by Gasteiger charge is -2.17. The molecule has 0 radical (unpaired) electrons. The van der Waals surface area contributed by atoms with Crippen molar-refractivity contribution in [2.24, 2.45) is 5.92 Å². The highest BCUT2D eigenvalue weighted by Crippen LogP contribution is 2.40. The van der Waals surface area contributed by atoms with E-state index in [1.807, 2.05) is 30.3 Å². The topological polar surface area (TPSA) is 59.3 Å². The molecule has 4 aromatic rings. The van der Waals surface area contributed by atoms with E-state index in [1.165, 1.54) is 16.9 Å². The van der Waals surface area contributed by atoms with Gasteiger partial charge < -0.3 is 4.42 Å². The van der Waals surface area contributed by atoms with Crippen molar-refractivity contribution in [3.8, 4) is 0 Å². The van der Waals surface area contributed by atoms with Gasteiger partial charge in [0, 0.05) is 28.1 Å². The summed E-state index contributed by atoms with van der Waals surface area (Å²) in [6, 6.07) is 13.1. The molecule has 1 N–H and O–H groups in total. The highest BCUT2D eigenvalue weighted by atomic mass is 32.2. The van der Waals surface area contributed by atoms with Gasteiger partial charge in [-0.3, -0.25) is 4.72 Å². The van der Waals surface area contributed by atoms with E-state index >= 15 is 0 Å². The smallest absolute Gasteiger partial charge is 0.271 e. The molecule has 0 unspecified atom stereocenters. The molecule has 2 aromatic carbocycles. The third-order valence-electron chi connectivity index (χ3n) is 5.30. The van der Waals surface area contributed by atoms with Gasteiger partial charge in [-0.05, 0) is 36.3 Å². The van der Waals surface area contributed by atoms with E-state index < -0.39 is 10.0 Å². The number of fused-ring (bicyclic) bond motifs is 5. The van der Waals surface area contributed by atoms with Crippen LogP contribution < -0.4 is 4.72 Å². The molecule has 27 heavy (non-hydrogen) atoms. The molecule has 0 bridgehead atoms. The van der Waals surface area contributed by atoms with Crippen LogP contribution in [-0.4, -0.2) is 8.42 Å². The second-order valence-electron chi connectivity index (χ2n) is 7.24. The molecule has 0 aliphatic heterocycles. The van der Waals surface area contributed by atoms with Gasteiger partial charge in [0.1, 0.15) is 15.6 Å². The van der Waals surface area contributed by atoms with Gasteiger partial charge in [-0.1, -0.05) is 37.3 Å². The maximum Gasteiger partial charge on any atom is 0.271 e. The molecular formula is C21H19NO3S2. The first-order valence-electron chi connectivity index (χ1n) is 9.05. The Kier molecular flexibility index (Phi) is 3.81. The Morgan fingerprint density at radius 3 is 2.70 bits per heavy atom. The van der Waals surface area contributed by atoms with Crippen molar-refractivity contribution in [2.75, 3.05) is 4.72 Å². The van der Waals surface area contributed by atoms with Gasteiger partial charge in [0.2, 0.25) is 0 Å². The van der Waals surface area contributed by atoms with Crippen LogP contribution in [-0.2, 0) is 22.9 Å². The van der Waals surface area contributed by atoms with Gasteiger partial charge in [-0.2, -0.15) is 0 Å².